The lowest BCUT2D eigenvalue weighted by atomic mass is 9.91. The Morgan fingerprint density at radius 3 is 2.50 bits per heavy atom. The van der Waals surface area contributed by atoms with Crippen LogP contribution in [0.4, 0.5) is 10.6 Å². The van der Waals surface area contributed by atoms with E-state index in [9.17, 15) is 4.79 Å². The number of carbonyl (C=O) groups excluding carboxylic acids is 1. The van der Waals surface area contributed by atoms with E-state index in [1.54, 1.807) is 4.90 Å². The van der Waals surface area contributed by atoms with Gasteiger partial charge in [0.2, 0.25) is 0 Å². The van der Waals surface area contributed by atoms with Crippen molar-refractivity contribution in [2.24, 2.45) is 0 Å². The first-order valence-corrected chi connectivity index (χ1v) is 9.15. The molecule has 0 spiro atoms. The molecule has 2 aliphatic rings. The number of ether oxygens (including phenoxy) is 1. The second-order valence-corrected chi connectivity index (χ2v) is 7.89. The van der Waals surface area contributed by atoms with Gasteiger partial charge < -0.3 is 10.1 Å². The Morgan fingerprint density at radius 2 is 2.00 bits per heavy atom. The number of anilines is 1. The predicted octanol–water partition coefficient (Wildman–Crippen LogP) is 4.19. The van der Waals surface area contributed by atoms with Gasteiger partial charge in [-0.3, -0.25) is 4.90 Å². The molecule has 1 aliphatic carbocycles. The van der Waals surface area contributed by atoms with Crippen molar-refractivity contribution in [3.05, 3.63) is 23.9 Å². The minimum Gasteiger partial charge on any atom is -0.443 e. The molecule has 1 atom stereocenters. The molecule has 1 amide bonds. The predicted molar refractivity (Wildman–Crippen MR) is 95.2 cm³/mol. The van der Waals surface area contributed by atoms with Crippen molar-refractivity contribution in [2.45, 2.75) is 77.0 Å². The monoisotopic (exact) mass is 331 g/mol. The summed E-state index contributed by atoms with van der Waals surface area (Å²) in [5.41, 5.74) is 0.710. The standard InChI is InChI=1S/C19H29N3O2/c1-19(2,3)24-18(23)22(15-7-6-8-15)17-11-10-14(13-21-17)16-9-4-5-12-20-16/h10-11,13,15-16,20H,4-9,12H2,1-3H3/t16-/m1/s1. The number of carbonyl (C=O) groups is 1. The van der Waals surface area contributed by atoms with Crippen LogP contribution in [0.1, 0.15) is 70.9 Å². The second kappa shape index (κ2) is 7.09. The summed E-state index contributed by atoms with van der Waals surface area (Å²) in [6.07, 6.45) is 8.48. The molecule has 2 heterocycles. The van der Waals surface area contributed by atoms with Crippen LogP contribution in [-0.2, 0) is 4.74 Å². The normalized spacial score (nSPS) is 21.9. The number of rotatable bonds is 3. The molecule has 24 heavy (non-hydrogen) atoms. The van der Waals surface area contributed by atoms with E-state index in [1.165, 1.54) is 18.4 Å². The fraction of sp³-hybridized carbons (Fsp3) is 0.684. The quantitative estimate of drug-likeness (QED) is 0.902. The van der Waals surface area contributed by atoms with E-state index in [0.29, 0.717) is 11.9 Å². The molecule has 3 rings (SSSR count). The Kier molecular flexibility index (Phi) is 5.09. The third-order valence-electron chi connectivity index (χ3n) is 4.76. The molecule has 1 aromatic heterocycles. The Morgan fingerprint density at radius 1 is 1.21 bits per heavy atom. The summed E-state index contributed by atoms with van der Waals surface area (Å²) < 4.78 is 5.59. The summed E-state index contributed by atoms with van der Waals surface area (Å²) in [7, 11) is 0. The van der Waals surface area contributed by atoms with Gasteiger partial charge in [-0.2, -0.15) is 0 Å². The number of amides is 1. The van der Waals surface area contributed by atoms with E-state index in [1.807, 2.05) is 33.0 Å². The molecule has 1 N–H and O–H groups in total. The Labute approximate surface area is 144 Å². The first kappa shape index (κ1) is 17.2. The van der Waals surface area contributed by atoms with Crippen LogP contribution in [0.15, 0.2) is 18.3 Å². The fourth-order valence-corrected chi connectivity index (χ4v) is 3.27. The van der Waals surface area contributed by atoms with Crippen molar-refractivity contribution in [3.63, 3.8) is 0 Å². The van der Waals surface area contributed by atoms with Crippen molar-refractivity contribution < 1.29 is 9.53 Å². The lowest BCUT2D eigenvalue weighted by molar-refractivity contribution is 0.0548. The average Bonchev–Trinajstić information content (AvgIpc) is 2.50. The molecule has 0 unspecified atom stereocenters. The largest absolute Gasteiger partial charge is 0.443 e. The van der Waals surface area contributed by atoms with Crippen LogP contribution >= 0.6 is 0 Å². The first-order valence-electron chi connectivity index (χ1n) is 9.15. The van der Waals surface area contributed by atoms with Gasteiger partial charge in [0.25, 0.3) is 0 Å². The van der Waals surface area contributed by atoms with Crippen molar-refractivity contribution in [1.29, 1.82) is 0 Å². The minimum absolute atomic E-state index is 0.214. The molecule has 1 saturated carbocycles. The molecular formula is C19H29N3O2. The molecule has 1 aromatic rings. The molecule has 1 saturated heterocycles. The van der Waals surface area contributed by atoms with Crippen LogP contribution in [0.2, 0.25) is 0 Å². The summed E-state index contributed by atoms with van der Waals surface area (Å²) in [6, 6.07) is 4.67. The third-order valence-corrected chi connectivity index (χ3v) is 4.76. The van der Waals surface area contributed by atoms with Gasteiger partial charge >= 0.3 is 6.09 Å². The van der Waals surface area contributed by atoms with E-state index in [0.717, 1.165) is 32.2 Å². The highest BCUT2D eigenvalue weighted by Gasteiger charge is 2.34. The van der Waals surface area contributed by atoms with Crippen molar-refractivity contribution in [1.82, 2.24) is 10.3 Å². The van der Waals surface area contributed by atoms with E-state index < -0.39 is 5.60 Å². The van der Waals surface area contributed by atoms with Crippen LogP contribution in [0.5, 0.6) is 0 Å². The van der Waals surface area contributed by atoms with Gasteiger partial charge in [0, 0.05) is 18.3 Å². The number of hydrogen-bond acceptors (Lipinski definition) is 4. The van der Waals surface area contributed by atoms with Crippen LogP contribution in [0.25, 0.3) is 0 Å². The zero-order valence-electron chi connectivity index (χ0n) is 15.0. The van der Waals surface area contributed by atoms with Crippen LogP contribution in [0, 0.1) is 0 Å². The zero-order chi connectivity index (χ0) is 17.2. The maximum atomic E-state index is 12.6. The summed E-state index contributed by atoms with van der Waals surface area (Å²) in [6.45, 7) is 6.76. The SMILES string of the molecule is CC(C)(C)OC(=O)N(c1ccc([C@H]2CCCCN2)cn1)C1CCC1. The Bertz CT molecular complexity index is 555. The molecule has 1 aliphatic heterocycles. The highest BCUT2D eigenvalue weighted by Crippen LogP contribution is 2.31. The van der Waals surface area contributed by atoms with Gasteiger partial charge in [-0.15, -0.1) is 0 Å². The van der Waals surface area contributed by atoms with Gasteiger partial charge in [0.1, 0.15) is 11.4 Å². The van der Waals surface area contributed by atoms with E-state index in [-0.39, 0.29) is 12.1 Å². The molecule has 2 fully saturated rings. The van der Waals surface area contributed by atoms with E-state index in [2.05, 4.69) is 16.4 Å². The lowest BCUT2D eigenvalue weighted by Gasteiger charge is -2.37. The maximum absolute atomic E-state index is 12.6. The van der Waals surface area contributed by atoms with Gasteiger partial charge in [-0.05, 0) is 71.0 Å². The number of piperidine rings is 1. The fourth-order valence-electron chi connectivity index (χ4n) is 3.27. The minimum atomic E-state index is -0.495. The van der Waals surface area contributed by atoms with E-state index >= 15 is 0 Å². The Hall–Kier alpha value is -1.62. The zero-order valence-corrected chi connectivity index (χ0v) is 15.0. The van der Waals surface area contributed by atoms with Gasteiger partial charge in [0.05, 0.1) is 0 Å². The smallest absolute Gasteiger partial charge is 0.416 e. The molecular weight excluding hydrogens is 302 g/mol. The van der Waals surface area contributed by atoms with Crippen molar-refractivity contribution in [2.75, 3.05) is 11.4 Å². The summed E-state index contributed by atoms with van der Waals surface area (Å²) in [5.74, 6) is 0.702. The summed E-state index contributed by atoms with van der Waals surface area (Å²) in [4.78, 5) is 19.0. The Balaban J connectivity index is 1.76. The highest BCUT2D eigenvalue weighted by atomic mass is 16.6. The number of nitrogens with zero attached hydrogens (tertiary/aromatic N) is 2. The van der Waals surface area contributed by atoms with Gasteiger partial charge in [0.15, 0.2) is 0 Å². The van der Waals surface area contributed by atoms with Gasteiger partial charge in [-0.25, -0.2) is 9.78 Å². The molecule has 0 aromatic carbocycles. The maximum Gasteiger partial charge on any atom is 0.416 e. The number of aromatic nitrogens is 1. The van der Waals surface area contributed by atoms with Crippen LogP contribution in [0.3, 0.4) is 0 Å². The third kappa shape index (κ3) is 4.07. The van der Waals surface area contributed by atoms with E-state index in [4.69, 9.17) is 4.74 Å². The van der Waals surface area contributed by atoms with Crippen molar-refractivity contribution >= 4 is 11.9 Å². The number of nitrogens with one attached hydrogen (secondary N) is 1. The second-order valence-electron chi connectivity index (χ2n) is 7.89. The van der Waals surface area contributed by atoms with Crippen LogP contribution < -0.4 is 10.2 Å². The topological polar surface area (TPSA) is 54.5 Å². The molecule has 132 valence electrons. The number of pyridine rings is 1. The summed E-state index contributed by atoms with van der Waals surface area (Å²) in [5, 5.41) is 3.54. The average molecular weight is 331 g/mol. The first-order chi connectivity index (χ1) is 11.4. The molecule has 0 bridgehead atoms. The van der Waals surface area contributed by atoms with Gasteiger partial charge in [-0.1, -0.05) is 12.5 Å². The summed E-state index contributed by atoms with van der Waals surface area (Å²) >= 11 is 0. The highest BCUT2D eigenvalue weighted by molar-refractivity contribution is 5.87. The van der Waals surface area contributed by atoms with Crippen LogP contribution in [-0.4, -0.2) is 29.3 Å². The van der Waals surface area contributed by atoms with Crippen molar-refractivity contribution in [3.8, 4) is 0 Å². The lowest BCUT2D eigenvalue weighted by Crippen LogP contribution is -2.47. The molecule has 0 radical (unpaired) electrons. The molecule has 5 nitrogen and oxygen atoms in total. The molecule has 5 heteroatoms. The number of hydrogen-bond donors (Lipinski definition) is 1.